The number of carbonyl (C=O) groups excluding carboxylic acids is 1. The molecule has 0 saturated carbocycles. The molecule has 200 valence electrons. The third-order valence-corrected chi connectivity index (χ3v) is 6.47. The molecule has 2 aromatic rings. The number of alkyl halides is 1. The second-order valence-electron chi connectivity index (χ2n) is 8.15. The molecule has 1 aliphatic heterocycles. The molecule has 0 aliphatic carbocycles. The van der Waals surface area contributed by atoms with E-state index in [4.69, 9.17) is 29.5 Å². The van der Waals surface area contributed by atoms with Crippen molar-refractivity contribution in [3.8, 4) is 18.1 Å². The fraction of sp³-hybridized carbons (Fsp3) is 0.455. The Morgan fingerprint density at radius 2 is 2.03 bits per heavy atom. The summed E-state index contributed by atoms with van der Waals surface area (Å²) < 4.78 is 56.0. The molecule has 37 heavy (non-hydrogen) atoms. The summed E-state index contributed by atoms with van der Waals surface area (Å²) in [6.07, 6.45) is -1.52. The summed E-state index contributed by atoms with van der Waals surface area (Å²) in [7, 11) is -4.63. The van der Waals surface area contributed by atoms with E-state index in [0.29, 0.717) is 10.9 Å². The second kappa shape index (κ2) is 11.4. The number of para-hydroxylation sites is 1. The van der Waals surface area contributed by atoms with Crippen LogP contribution >= 0.6 is 7.82 Å². The Morgan fingerprint density at radius 3 is 2.62 bits per heavy atom. The maximum absolute atomic E-state index is 15.6. The Bertz CT molecular complexity index is 1310. The predicted octanol–water partition coefficient (Wildman–Crippen LogP) is 1.09. The van der Waals surface area contributed by atoms with E-state index in [2.05, 4.69) is 4.98 Å². The maximum atomic E-state index is 15.6. The van der Waals surface area contributed by atoms with Crippen LogP contribution in [0.25, 0.3) is 0 Å². The van der Waals surface area contributed by atoms with E-state index < -0.39 is 68.1 Å². The number of hydrogen-bond acceptors (Lipinski definition) is 11. The highest BCUT2D eigenvalue weighted by atomic mass is 31.2. The number of aromatic nitrogens is 3. The number of aliphatic hydroxyl groups excluding tert-OH is 1. The number of nitrogens with one attached hydrogen (secondary N) is 1. The van der Waals surface area contributed by atoms with Crippen molar-refractivity contribution < 1.29 is 41.9 Å². The standard InChI is InChI=1S/C22H25FN3O10P/c1-5-22(23)17(27)16(34-19(22)26-12-24-20(29)25-21(26)30)11-32-37(31,36-15-9-7-6-8-10-15)35-14(4)18(28)33-13(2)3/h1,6-10,12-14,16-17,19,27H,11H2,2-4H3,(H,25,29,30)/t14-,16+,17-,19+,22?,37-/m0/s1. The first-order valence-corrected chi connectivity index (χ1v) is 12.4. The molecule has 1 aromatic heterocycles. The van der Waals surface area contributed by atoms with E-state index in [0.717, 1.165) is 0 Å². The number of ether oxygens (including phenoxy) is 2. The number of carbonyl (C=O) groups is 1. The molecule has 2 heterocycles. The predicted molar refractivity (Wildman–Crippen MR) is 124 cm³/mol. The molecule has 0 radical (unpaired) electrons. The van der Waals surface area contributed by atoms with Crippen LogP contribution in [0, 0.1) is 12.3 Å². The van der Waals surface area contributed by atoms with Crippen molar-refractivity contribution >= 4 is 13.8 Å². The summed E-state index contributed by atoms with van der Waals surface area (Å²) in [5.74, 6) is 0.941. The van der Waals surface area contributed by atoms with Gasteiger partial charge in [-0.15, -0.1) is 6.42 Å². The van der Waals surface area contributed by atoms with Crippen LogP contribution < -0.4 is 15.9 Å². The number of phosphoric acid groups is 1. The Balaban J connectivity index is 1.84. The average molecular weight is 541 g/mol. The van der Waals surface area contributed by atoms with Gasteiger partial charge < -0.3 is 19.1 Å². The third kappa shape index (κ3) is 6.51. The fourth-order valence-corrected chi connectivity index (χ4v) is 4.59. The highest BCUT2D eigenvalue weighted by Gasteiger charge is 2.58. The maximum Gasteiger partial charge on any atom is 0.530 e. The molecule has 1 aromatic carbocycles. The van der Waals surface area contributed by atoms with Crippen molar-refractivity contribution in [1.29, 1.82) is 0 Å². The summed E-state index contributed by atoms with van der Waals surface area (Å²) in [4.78, 5) is 40.7. The lowest BCUT2D eigenvalue weighted by Crippen LogP contribution is -2.45. The van der Waals surface area contributed by atoms with Crippen molar-refractivity contribution in [3.05, 3.63) is 57.6 Å². The van der Waals surface area contributed by atoms with Gasteiger partial charge in [0.2, 0.25) is 5.67 Å². The van der Waals surface area contributed by atoms with Crippen molar-refractivity contribution in [2.45, 2.75) is 57.1 Å². The number of rotatable bonds is 10. The quantitative estimate of drug-likeness (QED) is 0.251. The van der Waals surface area contributed by atoms with E-state index in [1.807, 2.05) is 4.98 Å². The number of H-pyrrole nitrogens is 1. The van der Waals surface area contributed by atoms with Crippen molar-refractivity contribution in [2.75, 3.05) is 6.61 Å². The summed E-state index contributed by atoms with van der Waals surface area (Å²) in [6.45, 7) is 3.65. The SMILES string of the molecule is C#CC1(F)[C@@H](O)[C@@H](CO[P@](=O)(Oc2ccccc2)O[C@@H](C)C(=O)OC(C)C)O[C@H]1n1cnc(=O)[nH]c1=O. The van der Waals surface area contributed by atoms with Crippen LogP contribution in [0.3, 0.4) is 0 Å². The Labute approximate surface area is 210 Å². The van der Waals surface area contributed by atoms with E-state index in [1.165, 1.54) is 19.1 Å². The van der Waals surface area contributed by atoms with Crippen molar-refractivity contribution in [3.63, 3.8) is 0 Å². The van der Waals surface area contributed by atoms with Gasteiger partial charge in [0.25, 0.3) is 0 Å². The van der Waals surface area contributed by atoms with E-state index >= 15 is 4.39 Å². The van der Waals surface area contributed by atoms with Crippen LogP contribution in [-0.2, 0) is 27.9 Å². The minimum atomic E-state index is -4.63. The molecule has 1 aliphatic rings. The zero-order valence-corrected chi connectivity index (χ0v) is 20.9. The largest absolute Gasteiger partial charge is 0.530 e. The number of esters is 1. The Kier molecular flexibility index (Phi) is 8.68. The van der Waals surface area contributed by atoms with E-state index in [9.17, 15) is 24.1 Å². The van der Waals surface area contributed by atoms with Gasteiger partial charge in [0.15, 0.2) is 12.3 Å². The third-order valence-electron chi connectivity index (χ3n) is 5.00. The number of benzene rings is 1. The number of halogens is 1. The highest BCUT2D eigenvalue weighted by molar-refractivity contribution is 7.49. The molecule has 3 rings (SSSR count). The molecule has 1 saturated heterocycles. The number of hydrogen-bond donors (Lipinski definition) is 2. The minimum Gasteiger partial charge on any atom is -0.461 e. The number of aliphatic hydroxyl groups is 1. The molecule has 15 heteroatoms. The zero-order valence-electron chi connectivity index (χ0n) is 20.0. The molecular formula is C22H25FN3O10P. The number of terminal acetylenes is 1. The lowest BCUT2D eigenvalue weighted by Gasteiger charge is -2.24. The molecule has 0 bridgehead atoms. The Hall–Kier alpha value is -3.34. The number of nitrogens with zero attached hydrogens (tertiary/aromatic N) is 2. The molecule has 2 N–H and O–H groups in total. The monoisotopic (exact) mass is 541 g/mol. The Morgan fingerprint density at radius 1 is 1.35 bits per heavy atom. The van der Waals surface area contributed by atoms with Gasteiger partial charge in [-0.1, -0.05) is 24.1 Å². The van der Waals surface area contributed by atoms with Gasteiger partial charge in [-0.05, 0) is 32.9 Å². The normalized spacial score (nSPS) is 25.7. The lowest BCUT2D eigenvalue weighted by atomic mass is 9.97. The zero-order chi connectivity index (χ0) is 27.4. The first kappa shape index (κ1) is 28.2. The van der Waals surface area contributed by atoms with E-state index in [-0.39, 0.29) is 5.75 Å². The molecule has 13 nitrogen and oxygen atoms in total. The van der Waals surface area contributed by atoms with Gasteiger partial charge in [0, 0.05) is 0 Å². The molecule has 1 fully saturated rings. The summed E-state index contributed by atoms with van der Waals surface area (Å²) >= 11 is 0. The van der Waals surface area contributed by atoms with Crippen LogP contribution in [0.15, 0.2) is 46.2 Å². The van der Waals surface area contributed by atoms with E-state index in [1.54, 1.807) is 38.0 Å². The van der Waals surface area contributed by atoms with Crippen molar-refractivity contribution in [1.82, 2.24) is 14.5 Å². The van der Waals surface area contributed by atoms with Crippen LogP contribution in [0.1, 0.15) is 27.0 Å². The fourth-order valence-electron chi connectivity index (χ4n) is 3.25. The molecular weight excluding hydrogens is 516 g/mol. The number of aromatic amines is 1. The van der Waals surface area contributed by atoms with Crippen LogP contribution in [0.4, 0.5) is 4.39 Å². The van der Waals surface area contributed by atoms with Gasteiger partial charge in [-0.2, -0.15) is 4.98 Å². The van der Waals surface area contributed by atoms with Gasteiger partial charge in [-0.25, -0.2) is 23.3 Å². The van der Waals surface area contributed by atoms with Gasteiger partial charge in [0.05, 0.1) is 12.7 Å². The van der Waals surface area contributed by atoms with Gasteiger partial charge in [-0.3, -0.25) is 18.6 Å². The van der Waals surface area contributed by atoms with Crippen LogP contribution in [0.5, 0.6) is 5.75 Å². The number of phosphoric ester groups is 1. The smallest absolute Gasteiger partial charge is 0.461 e. The van der Waals surface area contributed by atoms with Gasteiger partial charge >= 0.3 is 25.2 Å². The lowest BCUT2D eigenvalue weighted by molar-refractivity contribution is -0.156. The van der Waals surface area contributed by atoms with Crippen LogP contribution in [-0.4, -0.2) is 62.3 Å². The molecule has 1 unspecified atom stereocenters. The summed E-state index contributed by atoms with van der Waals surface area (Å²) in [6, 6.07) is 7.69. The first-order chi connectivity index (χ1) is 17.4. The molecule has 6 atom stereocenters. The van der Waals surface area contributed by atoms with Gasteiger partial charge in [0.1, 0.15) is 24.3 Å². The highest BCUT2D eigenvalue weighted by Crippen LogP contribution is 2.52. The average Bonchev–Trinajstić information content (AvgIpc) is 3.08. The minimum absolute atomic E-state index is 0.0513. The molecule has 0 spiro atoms. The summed E-state index contributed by atoms with van der Waals surface area (Å²) in [5, 5.41) is 10.6. The first-order valence-electron chi connectivity index (χ1n) is 10.9. The topological polar surface area (TPSA) is 168 Å². The second-order valence-corrected chi connectivity index (χ2v) is 9.70. The van der Waals surface area contributed by atoms with Crippen molar-refractivity contribution in [2.24, 2.45) is 0 Å². The van der Waals surface area contributed by atoms with Crippen LogP contribution in [0.2, 0.25) is 0 Å². The summed E-state index contributed by atoms with van der Waals surface area (Å²) in [5.41, 5.74) is -5.07. The molecule has 0 amide bonds.